The van der Waals surface area contributed by atoms with Gasteiger partial charge in [0.05, 0.1) is 5.69 Å². The summed E-state index contributed by atoms with van der Waals surface area (Å²) in [6.45, 7) is 1.15. The minimum atomic E-state index is 0.303. The molecule has 0 unspecified atom stereocenters. The molecule has 0 N–H and O–H groups in total. The number of para-hydroxylation sites is 2. The molecule has 2 heterocycles. The lowest BCUT2D eigenvalue weighted by atomic mass is 10.1. The predicted molar refractivity (Wildman–Crippen MR) is 75.0 cm³/mol. The molecule has 0 spiro atoms. The van der Waals surface area contributed by atoms with Gasteiger partial charge in [-0.15, -0.1) is 0 Å². The van der Waals surface area contributed by atoms with Crippen molar-refractivity contribution in [2.24, 2.45) is 0 Å². The first-order chi connectivity index (χ1) is 9.43. The Labute approximate surface area is 111 Å². The number of hydrogen-bond donors (Lipinski definition) is 0. The third-order valence-electron chi connectivity index (χ3n) is 3.48. The fraction of sp³-hybridized carbons (Fsp3) is 0.125. The van der Waals surface area contributed by atoms with Crippen LogP contribution in [0.1, 0.15) is 5.56 Å². The number of hydrogen-bond acceptors (Lipinski definition) is 3. The number of nitrogens with zero attached hydrogens (tertiary/aromatic N) is 1. The Kier molecular flexibility index (Phi) is 2.24. The summed E-state index contributed by atoms with van der Waals surface area (Å²) in [5.41, 5.74) is 3.49. The van der Waals surface area contributed by atoms with E-state index >= 15 is 0 Å². The predicted octanol–water partition coefficient (Wildman–Crippen LogP) is 3.58. The fourth-order valence-electron chi connectivity index (χ4n) is 2.61. The maximum atomic E-state index is 5.61. The highest BCUT2D eigenvalue weighted by Crippen LogP contribution is 2.44. The molecule has 0 atom stereocenters. The van der Waals surface area contributed by atoms with Crippen molar-refractivity contribution in [3.63, 3.8) is 0 Å². The zero-order valence-corrected chi connectivity index (χ0v) is 10.4. The summed E-state index contributed by atoms with van der Waals surface area (Å²) < 4.78 is 11.1. The van der Waals surface area contributed by atoms with Crippen LogP contribution in [0.4, 0.5) is 11.4 Å². The van der Waals surface area contributed by atoms with E-state index < -0.39 is 0 Å². The molecule has 0 amide bonds. The molecule has 94 valence electrons. The Morgan fingerprint density at radius 3 is 2.79 bits per heavy atom. The number of fused-ring (bicyclic) bond motifs is 2. The quantitative estimate of drug-likeness (QED) is 0.773. The molecule has 2 aliphatic rings. The van der Waals surface area contributed by atoms with E-state index in [0.717, 1.165) is 23.7 Å². The van der Waals surface area contributed by atoms with Crippen molar-refractivity contribution < 1.29 is 9.47 Å². The zero-order chi connectivity index (χ0) is 12.7. The van der Waals surface area contributed by atoms with Crippen LogP contribution in [0.3, 0.4) is 0 Å². The molecule has 0 saturated heterocycles. The topological polar surface area (TPSA) is 21.7 Å². The second-order valence-corrected chi connectivity index (χ2v) is 4.58. The van der Waals surface area contributed by atoms with Crippen LogP contribution in [-0.4, -0.2) is 13.3 Å². The first-order valence-corrected chi connectivity index (χ1v) is 6.35. The summed E-state index contributed by atoms with van der Waals surface area (Å²) in [7, 11) is 0. The summed E-state index contributed by atoms with van der Waals surface area (Å²) in [5, 5.41) is 0. The summed E-state index contributed by atoms with van der Waals surface area (Å²) >= 11 is 0. The molecule has 0 radical (unpaired) electrons. The molecular weight excluding hydrogens is 238 g/mol. The summed E-state index contributed by atoms with van der Waals surface area (Å²) in [5.74, 6) is 1.66. The van der Waals surface area contributed by atoms with E-state index in [9.17, 15) is 0 Å². The largest absolute Gasteiger partial charge is 0.454 e. The van der Waals surface area contributed by atoms with Gasteiger partial charge in [0.15, 0.2) is 11.5 Å². The molecule has 0 aromatic heterocycles. The van der Waals surface area contributed by atoms with E-state index in [4.69, 9.17) is 9.47 Å². The van der Waals surface area contributed by atoms with Crippen molar-refractivity contribution in [2.45, 2.75) is 0 Å². The lowest BCUT2D eigenvalue weighted by molar-refractivity contribution is 0.174. The van der Waals surface area contributed by atoms with Gasteiger partial charge in [0.25, 0.3) is 0 Å². The molecule has 2 aliphatic heterocycles. The highest BCUT2D eigenvalue weighted by Gasteiger charge is 2.23. The Bertz CT molecular complexity index is 664. The standard InChI is InChI=1S/C16H13NO2/c1-2-7-13-12(5-1)6-4-10-17(13)14-8-3-9-15-16(14)19-11-18-15/h1-9H,10-11H2. The first-order valence-electron chi connectivity index (χ1n) is 6.35. The van der Waals surface area contributed by atoms with Gasteiger partial charge in [0.2, 0.25) is 6.79 Å². The van der Waals surface area contributed by atoms with Crippen LogP contribution < -0.4 is 14.4 Å². The molecule has 2 aromatic rings. The van der Waals surface area contributed by atoms with Crippen molar-refractivity contribution in [1.82, 2.24) is 0 Å². The third kappa shape index (κ3) is 1.58. The zero-order valence-electron chi connectivity index (χ0n) is 10.4. The Balaban J connectivity index is 1.86. The van der Waals surface area contributed by atoms with Crippen molar-refractivity contribution in [2.75, 3.05) is 18.2 Å². The van der Waals surface area contributed by atoms with E-state index in [1.807, 2.05) is 12.1 Å². The van der Waals surface area contributed by atoms with Crippen LogP contribution in [0, 0.1) is 0 Å². The molecule has 19 heavy (non-hydrogen) atoms. The minimum Gasteiger partial charge on any atom is -0.454 e. The van der Waals surface area contributed by atoms with Crippen molar-refractivity contribution in [3.05, 3.63) is 54.1 Å². The summed E-state index contributed by atoms with van der Waals surface area (Å²) in [6, 6.07) is 14.4. The van der Waals surface area contributed by atoms with Gasteiger partial charge in [0, 0.05) is 12.2 Å². The van der Waals surface area contributed by atoms with Crippen molar-refractivity contribution in [3.8, 4) is 11.5 Å². The number of rotatable bonds is 1. The van der Waals surface area contributed by atoms with E-state index in [2.05, 4.69) is 47.4 Å². The maximum absolute atomic E-state index is 5.61. The van der Waals surface area contributed by atoms with E-state index in [0.29, 0.717) is 6.79 Å². The normalized spacial score (nSPS) is 15.5. The molecule has 4 rings (SSSR count). The van der Waals surface area contributed by atoms with Crippen LogP contribution in [0.5, 0.6) is 11.5 Å². The van der Waals surface area contributed by atoms with Crippen LogP contribution in [0.2, 0.25) is 0 Å². The Morgan fingerprint density at radius 2 is 1.79 bits per heavy atom. The molecule has 2 aromatic carbocycles. The molecule has 3 nitrogen and oxygen atoms in total. The molecule has 0 aliphatic carbocycles. The molecule has 0 saturated carbocycles. The van der Waals surface area contributed by atoms with Gasteiger partial charge in [0.1, 0.15) is 0 Å². The van der Waals surface area contributed by atoms with E-state index in [-0.39, 0.29) is 0 Å². The number of ether oxygens (including phenoxy) is 2. The SMILES string of the molecule is C1=Cc2ccccc2N(c2cccc3c2OCO3)C1. The van der Waals surface area contributed by atoms with E-state index in [1.165, 1.54) is 11.3 Å². The van der Waals surface area contributed by atoms with Gasteiger partial charge >= 0.3 is 0 Å². The third-order valence-corrected chi connectivity index (χ3v) is 3.48. The van der Waals surface area contributed by atoms with Crippen LogP contribution in [-0.2, 0) is 0 Å². The molecule has 3 heteroatoms. The summed E-state index contributed by atoms with van der Waals surface area (Å²) in [6.07, 6.45) is 4.32. The van der Waals surface area contributed by atoms with E-state index in [1.54, 1.807) is 0 Å². The maximum Gasteiger partial charge on any atom is 0.231 e. The average Bonchev–Trinajstić information content (AvgIpc) is 2.95. The Morgan fingerprint density at radius 1 is 0.895 bits per heavy atom. The highest BCUT2D eigenvalue weighted by atomic mass is 16.7. The molecule has 0 fully saturated rings. The summed E-state index contributed by atoms with van der Waals surface area (Å²) in [4.78, 5) is 2.25. The van der Waals surface area contributed by atoms with Gasteiger partial charge in [-0.25, -0.2) is 0 Å². The van der Waals surface area contributed by atoms with Gasteiger partial charge in [-0.3, -0.25) is 0 Å². The average molecular weight is 251 g/mol. The first kappa shape index (κ1) is 10.5. The van der Waals surface area contributed by atoms with Crippen LogP contribution in [0.15, 0.2) is 48.5 Å². The lowest BCUT2D eigenvalue weighted by Gasteiger charge is -2.28. The smallest absolute Gasteiger partial charge is 0.231 e. The molecular formula is C16H13NO2. The highest BCUT2D eigenvalue weighted by molar-refractivity contribution is 5.81. The monoisotopic (exact) mass is 251 g/mol. The van der Waals surface area contributed by atoms with Gasteiger partial charge in [-0.1, -0.05) is 36.4 Å². The Hall–Kier alpha value is -2.42. The minimum absolute atomic E-state index is 0.303. The number of anilines is 2. The van der Waals surface area contributed by atoms with Crippen LogP contribution in [0.25, 0.3) is 6.08 Å². The van der Waals surface area contributed by atoms with Crippen molar-refractivity contribution >= 4 is 17.5 Å². The lowest BCUT2D eigenvalue weighted by Crippen LogP contribution is -2.20. The van der Waals surface area contributed by atoms with Gasteiger partial charge in [-0.2, -0.15) is 0 Å². The van der Waals surface area contributed by atoms with Crippen molar-refractivity contribution in [1.29, 1.82) is 0 Å². The molecule has 0 bridgehead atoms. The van der Waals surface area contributed by atoms with Gasteiger partial charge < -0.3 is 14.4 Å². The fourth-order valence-corrected chi connectivity index (χ4v) is 2.61. The second-order valence-electron chi connectivity index (χ2n) is 4.58. The van der Waals surface area contributed by atoms with Crippen LogP contribution >= 0.6 is 0 Å². The van der Waals surface area contributed by atoms with Gasteiger partial charge in [-0.05, 0) is 23.8 Å². The number of benzene rings is 2. The second kappa shape index (κ2) is 4.05.